The quantitative estimate of drug-likeness (QED) is 0.106. The van der Waals surface area contributed by atoms with Crippen LogP contribution in [-0.2, 0) is 9.47 Å². The van der Waals surface area contributed by atoms with Crippen LogP contribution in [0.4, 0.5) is 0 Å². The summed E-state index contributed by atoms with van der Waals surface area (Å²) in [4.78, 5) is 36.3. The SMILES string of the molecule is COc1ccc(-c2cc(C(=O)OCCOC(=O)c3cc(-c4ccc(OC)c(OC)c4)nc4ccccc34)c3ccccc3n2)cc1OC. The van der Waals surface area contributed by atoms with Crippen LogP contribution in [0.3, 0.4) is 0 Å². The molecule has 48 heavy (non-hydrogen) atoms. The van der Waals surface area contributed by atoms with Gasteiger partial charge in [0.1, 0.15) is 13.2 Å². The van der Waals surface area contributed by atoms with Crippen molar-refractivity contribution in [2.45, 2.75) is 0 Å². The van der Waals surface area contributed by atoms with E-state index in [4.69, 9.17) is 38.4 Å². The van der Waals surface area contributed by atoms with Crippen molar-refractivity contribution < 1.29 is 38.0 Å². The summed E-state index contributed by atoms with van der Waals surface area (Å²) in [5.74, 6) is 1.08. The molecule has 0 aliphatic carbocycles. The predicted octanol–water partition coefficient (Wildman–Crippen LogP) is 7.17. The number of methoxy groups -OCH3 is 4. The molecule has 0 aliphatic rings. The van der Waals surface area contributed by atoms with E-state index in [2.05, 4.69) is 0 Å². The topological polar surface area (TPSA) is 115 Å². The summed E-state index contributed by atoms with van der Waals surface area (Å²) in [6, 6.07) is 28.8. The molecule has 10 nitrogen and oxygen atoms in total. The Morgan fingerprint density at radius 2 is 0.896 bits per heavy atom. The van der Waals surface area contributed by atoms with Gasteiger partial charge in [-0.2, -0.15) is 0 Å². The maximum atomic E-state index is 13.4. The predicted molar refractivity (Wildman–Crippen MR) is 181 cm³/mol. The molecule has 6 aromatic rings. The second kappa shape index (κ2) is 14.1. The minimum Gasteiger partial charge on any atom is -0.493 e. The van der Waals surface area contributed by atoms with Gasteiger partial charge in [-0.1, -0.05) is 36.4 Å². The number of benzene rings is 4. The normalized spacial score (nSPS) is 10.8. The summed E-state index contributed by atoms with van der Waals surface area (Å²) >= 11 is 0. The first kappa shape index (κ1) is 31.8. The first-order valence-electron chi connectivity index (χ1n) is 15.0. The molecule has 0 fully saturated rings. The number of aromatic nitrogens is 2. The van der Waals surface area contributed by atoms with E-state index in [1.165, 1.54) is 0 Å². The fourth-order valence-electron chi connectivity index (χ4n) is 5.40. The molecule has 6 rings (SSSR count). The molecule has 0 radical (unpaired) electrons. The average Bonchev–Trinajstić information content (AvgIpc) is 3.14. The van der Waals surface area contributed by atoms with E-state index in [1.54, 1.807) is 64.8 Å². The molecule has 2 aromatic heterocycles. The fraction of sp³-hybridized carbons (Fsp3) is 0.158. The van der Waals surface area contributed by atoms with Gasteiger partial charge in [0.15, 0.2) is 23.0 Å². The van der Waals surface area contributed by atoms with Crippen molar-refractivity contribution >= 4 is 33.7 Å². The maximum Gasteiger partial charge on any atom is 0.339 e. The van der Waals surface area contributed by atoms with E-state index in [9.17, 15) is 9.59 Å². The third kappa shape index (κ3) is 6.41. The summed E-state index contributed by atoms with van der Waals surface area (Å²) < 4.78 is 32.8. The number of ether oxygens (including phenoxy) is 6. The minimum atomic E-state index is -0.573. The smallest absolute Gasteiger partial charge is 0.339 e. The van der Waals surface area contributed by atoms with Crippen molar-refractivity contribution in [3.8, 4) is 45.5 Å². The summed E-state index contributed by atoms with van der Waals surface area (Å²) in [7, 11) is 6.24. The van der Waals surface area contributed by atoms with Crippen molar-refractivity contribution in [1.29, 1.82) is 0 Å². The van der Waals surface area contributed by atoms with E-state index in [0.29, 0.717) is 67.3 Å². The standard InChI is InChI=1S/C38H32N2O8/c1-43-33-15-13-23(19-35(33)45-3)31-21-27(25-9-5-7-11-29(25)39-31)37(41)47-17-18-48-38(42)28-22-32(40-30-12-8-6-10-26(28)30)24-14-16-34(44-2)36(20-24)46-4/h5-16,19-22H,17-18H2,1-4H3. The molecule has 0 unspecified atom stereocenters. The molecule has 4 aromatic carbocycles. The number of nitrogens with zero attached hydrogens (tertiary/aromatic N) is 2. The maximum absolute atomic E-state index is 13.4. The molecular weight excluding hydrogens is 612 g/mol. The molecule has 10 heteroatoms. The van der Waals surface area contributed by atoms with E-state index in [0.717, 1.165) is 11.1 Å². The third-order valence-electron chi connectivity index (χ3n) is 7.78. The number of hydrogen-bond acceptors (Lipinski definition) is 10. The zero-order chi connectivity index (χ0) is 33.6. The van der Waals surface area contributed by atoms with Gasteiger partial charge in [0.05, 0.1) is 62.0 Å². The lowest BCUT2D eigenvalue weighted by Crippen LogP contribution is -2.15. The van der Waals surface area contributed by atoms with Crippen molar-refractivity contribution in [1.82, 2.24) is 9.97 Å². The highest BCUT2D eigenvalue weighted by atomic mass is 16.6. The molecule has 0 N–H and O–H groups in total. The van der Waals surface area contributed by atoms with Crippen LogP contribution in [0.1, 0.15) is 20.7 Å². The molecule has 242 valence electrons. The molecule has 0 bridgehead atoms. The average molecular weight is 645 g/mol. The Labute approximate surface area is 276 Å². The lowest BCUT2D eigenvalue weighted by Gasteiger charge is -2.13. The summed E-state index contributed by atoms with van der Waals surface area (Å²) in [5, 5.41) is 1.27. The van der Waals surface area contributed by atoms with Crippen molar-refractivity contribution in [2.75, 3.05) is 41.7 Å². The van der Waals surface area contributed by atoms with E-state index in [-0.39, 0.29) is 13.2 Å². The van der Waals surface area contributed by atoms with Crippen LogP contribution in [0.2, 0.25) is 0 Å². The molecule has 0 atom stereocenters. The first-order chi connectivity index (χ1) is 23.4. The Kier molecular flexibility index (Phi) is 9.33. The minimum absolute atomic E-state index is 0.154. The number of rotatable bonds is 11. The Hall–Kier alpha value is -6.16. The van der Waals surface area contributed by atoms with Crippen LogP contribution in [0.5, 0.6) is 23.0 Å². The number of pyridine rings is 2. The summed E-state index contributed by atoms with van der Waals surface area (Å²) in [5.41, 5.74) is 4.49. The van der Waals surface area contributed by atoms with E-state index >= 15 is 0 Å². The van der Waals surface area contributed by atoms with Crippen molar-refractivity contribution in [3.05, 3.63) is 108 Å². The molecule has 0 spiro atoms. The Morgan fingerprint density at radius 1 is 0.500 bits per heavy atom. The molecule has 2 heterocycles. The number of carbonyl (C=O) groups is 2. The summed E-state index contributed by atoms with van der Waals surface area (Å²) in [6.07, 6.45) is 0. The van der Waals surface area contributed by atoms with Crippen LogP contribution >= 0.6 is 0 Å². The van der Waals surface area contributed by atoms with Gasteiger partial charge >= 0.3 is 11.9 Å². The van der Waals surface area contributed by atoms with Gasteiger partial charge in [-0.05, 0) is 60.7 Å². The van der Waals surface area contributed by atoms with E-state index in [1.807, 2.05) is 60.7 Å². The van der Waals surface area contributed by atoms with Crippen molar-refractivity contribution in [3.63, 3.8) is 0 Å². The molecule has 0 amide bonds. The monoisotopic (exact) mass is 644 g/mol. The molecular formula is C38H32N2O8. The van der Waals surface area contributed by atoms with Gasteiger partial charge in [-0.25, -0.2) is 19.6 Å². The Morgan fingerprint density at radius 3 is 1.29 bits per heavy atom. The lowest BCUT2D eigenvalue weighted by molar-refractivity contribution is 0.0268. The zero-order valence-electron chi connectivity index (χ0n) is 26.8. The summed E-state index contributed by atoms with van der Waals surface area (Å²) in [6.45, 7) is -0.309. The second-order valence-electron chi connectivity index (χ2n) is 10.6. The number of carbonyl (C=O) groups excluding carboxylic acids is 2. The Bertz CT molecular complexity index is 1990. The highest BCUT2D eigenvalue weighted by Gasteiger charge is 2.19. The highest BCUT2D eigenvalue weighted by molar-refractivity contribution is 6.05. The van der Waals surface area contributed by atoms with Crippen LogP contribution in [0.15, 0.2) is 97.1 Å². The number of fused-ring (bicyclic) bond motifs is 2. The van der Waals surface area contributed by atoms with Gasteiger partial charge in [0, 0.05) is 21.9 Å². The van der Waals surface area contributed by atoms with Crippen LogP contribution in [0.25, 0.3) is 44.3 Å². The second-order valence-corrected chi connectivity index (χ2v) is 10.6. The van der Waals surface area contributed by atoms with Crippen molar-refractivity contribution in [2.24, 2.45) is 0 Å². The Balaban J connectivity index is 1.20. The third-order valence-corrected chi connectivity index (χ3v) is 7.78. The largest absolute Gasteiger partial charge is 0.493 e. The van der Waals surface area contributed by atoms with Crippen LogP contribution < -0.4 is 18.9 Å². The van der Waals surface area contributed by atoms with Crippen LogP contribution in [0, 0.1) is 0 Å². The zero-order valence-corrected chi connectivity index (χ0v) is 26.8. The highest BCUT2D eigenvalue weighted by Crippen LogP contribution is 2.35. The fourth-order valence-corrected chi connectivity index (χ4v) is 5.40. The number of hydrogen-bond donors (Lipinski definition) is 0. The van der Waals surface area contributed by atoms with E-state index < -0.39 is 11.9 Å². The number of esters is 2. The lowest BCUT2D eigenvalue weighted by atomic mass is 10.0. The van der Waals surface area contributed by atoms with Gasteiger partial charge < -0.3 is 28.4 Å². The molecule has 0 saturated heterocycles. The van der Waals surface area contributed by atoms with Gasteiger partial charge in [-0.15, -0.1) is 0 Å². The van der Waals surface area contributed by atoms with Crippen LogP contribution in [-0.4, -0.2) is 63.6 Å². The van der Waals surface area contributed by atoms with Gasteiger partial charge in [0.25, 0.3) is 0 Å². The number of para-hydroxylation sites is 2. The van der Waals surface area contributed by atoms with Gasteiger partial charge in [0.2, 0.25) is 0 Å². The molecule has 0 aliphatic heterocycles. The molecule has 0 saturated carbocycles. The van der Waals surface area contributed by atoms with Gasteiger partial charge in [-0.3, -0.25) is 0 Å². The first-order valence-corrected chi connectivity index (χ1v) is 15.0.